The average Bonchev–Trinajstić information content (AvgIpc) is 2.20. The molecular weight excluding hydrogens is 332 g/mol. The molecule has 2 nitrogen and oxygen atoms in total. The van der Waals surface area contributed by atoms with Crippen molar-refractivity contribution in [1.29, 1.82) is 0 Å². The molecule has 0 atom stereocenters. The summed E-state index contributed by atoms with van der Waals surface area (Å²) in [6.07, 6.45) is -6.04. The van der Waals surface area contributed by atoms with Crippen LogP contribution in [-0.4, -0.2) is 18.0 Å². The molecule has 18 heavy (non-hydrogen) atoms. The van der Waals surface area contributed by atoms with Gasteiger partial charge in [-0.3, -0.25) is 4.79 Å². The number of nitrogens with one attached hydrogen (secondary N) is 1. The third kappa shape index (κ3) is 2.95. The lowest BCUT2D eigenvalue weighted by Gasteiger charge is -2.18. The van der Waals surface area contributed by atoms with E-state index in [2.05, 4.69) is 15.9 Å². The van der Waals surface area contributed by atoms with E-state index in [-0.39, 0.29) is 4.47 Å². The van der Waals surface area contributed by atoms with Crippen LogP contribution in [0, 0.1) is 5.82 Å². The van der Waals surface area contributed by atoms with Crippen LogP contribution in [-0.2, 0) is 4.79 Å². The summed E-state index contributed by atoms with van der Waals surface area (Å²) < 4.78 is 74.0. The highest BCUT2D eigenvalue weighted by atomic mass is 79.9. The summed E-state index contributed by atoms with van der Waals surface area (Å²) in [5, 5.41) is 1.18. The minimum atomic E-state index is -6.04. The van der Waals surface area contributed by atoms with Crippen molar-refractivity contribution in [3.63, 3.8) is 0 Å². The van der Waals surface area contributed by atoms with E-state index in [0.717, 1.165) is 12.1 Å². The van der Waals surface area contributed by atoms with Crippen molar-refractivity contribution in [2.75, 3.05) is 5.32 Å². The Kier molecular flexibility index (Phi) is 3.94. The highest BCUT2D eigenvalue weighted by molar-refractivity contribution is 9.10. The Morgan fingerprint density at radius 2 is 1.72 bits per heavy atom. The lowest BCUT2D eigenvalue weighted by Crippen LogP contribution is -2.47. The number of carbonyl (C=O) groups is 1. The molecule has 0 bridgehead atoms. The van der Waals surface area contributed by atoms with Crippen LogP contribution in [0.3, 0.4) is 0 Å². The van der Waals surface area contributed by atoms with Gasteiger partial charge >= 0.3 is 18.0 Å². The predicted molar refractivity (Wildman–Crippen MR) is 53.7 cm³/mol. The van der Waals surface area contributed by atoms with E-state index in [1.54, 1.807) is 0 Å². The van der Waals surface area contributed by atoms with E-state index < -0.39 is 29.5 Å². The Morgan fingerprint density at radius 3 is 2.17 bits per heavy atom. The zero-order valence-corrected chi connectivity index (χ0v) is 9.87. The third-order valence-electron chi connectivity index (χ3n) is 1.82. The second kappa shape index (κ2) is 4.79. The first-order valence-electron chi connectivity index (χ1n) is 4.27. The first kappa shape index (κ1) is 14.8. The lowest BCUT2D eigenvalue weighted by atomic mass is 10.2. The molecule has 0 fully saturated rings. The van der Waals surface area contributed by atoms with E-state index in [4.69, 9.17) is 0 Å². The summed E-state index contributed by atoms with van der Waals surface area (Å²) in [7, 11) is 0. The SMILES string of the molecule is O=C(Nc1ccc(Br)cc1F)C(F)(F)C(F)(F)F. The molecule has 0 heterocycles. The van der Waals surface area contributed by atoms with Gasteiger partial charge in [-0.25, -0.2) is 4.39 Å². The quantitative estimate of drug-likeness (QED) is 0.820. The number of carbonyl (C=O) groups excluding carboxylic acids is 1. The number of hydrogen-bond donors (Lipinski definition) is 1. The first-order valence-corrected chi connectivity index (χ1v) is 5.06. The lowest BCUT2D eigenvalue weighted by molar-refractivity contribution is -0.267. The Bertz CT molecular complexity index is 473. The van der Waals surface area contributed by atoms with Crippen LogP contribution in [0.1, 0.15) is 0 Å². The summed E-state index contributed by atoms with van der Waals surface area (Å²) in [4.78, 5) is 10.8. The van der Waals surface area contributed by atoms with Gasteiger partial charge in [0.05, 0.1) is 5.69 Å². The fourth-order valence-corrected chi connectivity index (χ4v) is 1.25. The van der Waals surface area contributed by atoms with Crippen LogP contribution in [0.4, 0.5) is 32.0 Å². The van der Waals surface area contributed by atoms with Crippen LogP contribution in [0.2, 0.25) is 0 Å². The Balaban J connectivity index is 2.95. The van der Waals surface area contributed by atoms with Gasteiger partial charge in [-0.05, 0) is 18.2 Å². The van der Waals surface area contributed by atoms with Crippen LogP contribution in [0.25, 0.3) is 0 Å². The number of amides is 1. The third-order valence-corrected chi connectivity index (χ3v) is 2.31. The highest BCUT2D eigenvalue weighted by Crippen LogP contribution is 2.36. The number of halogens is 7. The zero-order chi connectivity index (χ0) is 14.1. The van der Waals surface area contributed by atoms with E-state index in [1.165, 1.54) is 11.4 Å². The number of rotatable bonds is 2. The van der Waals surface area contributed by atoms with Crippen LogP contribution < -0.4 is 5.32 Å². The maximum Gasteiger partial charge on any atom is 0.463 e. The molecule has 1 amide bonds. The molecule has 0 saturated carbocycles. The van der Waals surface area contributed by atoms with E-state index in [1.807, 2.05) is 0 Å². The summed E-state index contributed by atoms with van der Waals surface area (Å²) in [5.74, 6) is -9.38. The Hall–Kier alpha value is -1.25. The summed E-state index contributed by atoms with van der Waals surface area (Å²) in [6.45, 7) is 0. The van der Waals surface area contributed by atoms with E-state index in [9.17, 15) is 31.1 Å². The predicted octanol–water partition coefficient (Wildman–Crippen LogP) is 3.72. The minimum Gasteiger partial charge on any atom is -0.318 e. The molecule has 1 rings (SSSR count). The molecule has 0 aliphatic heterocycles. The van der Waals surface area contributed by atoms with Gasteiger partial charge in [0.1, 0.15) is 5.82 Å². The fraction of sp³-hybridized carbons (Fsp3) is 0.222. The standard InChI is InChI=1S/C9H4BrF6NO/c10-4-1-2-6(5(11)3-4)17-7(18)8(12,13)9(14,15)16/h1-3H,(H,17,18). The smallest absolute Gasteiger partial charge is 0.318 e. The van der Waals surface area contributed by atoms with Gasteiger partial charge in [0.2, 0.25) is 0 Å². The normalized spacial score (nSPS) is 12.4. The molecular formula is C9H4BrF6NO. The number of benzene rings is 1. The molecule has 0 spiro atoms. The average molecular weight is 336 g/mol. The summed E-state index contributed by atoms with van der Waals surface area (Å²) in [6, 6.07) is 2.83. The van der Waals surface area contributed by atoms with Gasteiger partial charge in [0, 0.05) is 4.47 Å². The molecule has 0 unspecified atom stereocenters. The van der Waals surface area contributed by atoms with Crippen molar-refractivity contribution in [2.24, 2.45) is 0 Å². The van der Waals surface area contributed by atoms with Gasteiger partial charge in [-0.1, -0.05) is 15.9 Å². The molecule has 0 aliphatic carbocycles. The zero-order valence-electron chi connectivity index (χ0n) is 8.29. The molecule has 1 N–H and O–H groups in total. The molecule has 0 aliphatic rings. The largest absolute Gasteiger partial charge is 0.463 e. The summed E-state index contributed by atoms with van der Waals surface area (Å²) >= 11 is 2.85. The second-order valence-corrected chi connectivity index (χ2v) is 4.07. The van der Waals surface area contributed by atoms with E-state index in [0.29, 0.717) is 0 Å². The van der Waals surface area contributed by atoms with Crippen LogP contribution in [0.15, 0.2) is 22.7 Å². The monoisotopic (exact) mass is 335 g/mol. The molecule has 0 radical (unpaired) electrons. The van der Waals surface area contributed by atoms with Gasteiger partial charge in [-0.2, -0.15) is 22.0 Å². The topological polar surface area (TPSA) is 29.1 Å². The van der Waals surface area contributed by atoms with Crippen molar-refractivity contribution in [2.45, 2.75) is 12.1 Å². The number of hydrogen-bond acceptors (Lipinski definition) is 1. The van der Waals surface area contributed by atoms with Gasteiger partial charge in [0.25, 0.3) is 0 Å². The molecule has 9 heteroatoms. The minimum absolute atomic E-state index is 0.237. The molecule has 100 valence electrons. The number of anilines is 1. The molecule has 0 aromatic heterocycles. The van der Waals surface area contributed by atoms with E-state index >= 15 is 0 Å². The Labute approximate surface area is 105 Å². The Morgan fingerprint density at radius 1 is 1.17 bits per heavy atom. The van der Waals surface area contributed by atoms with Crippen molar-refractivity contribution < 1.29 is 31.1 Å². The summed E-state index contributed by atoms with van der Waals surface area (Å²) in [5.41, 5.74) is -0.771. The van der Waals surface area contributed by atoms with Gasteiger partial charge in [-0.15, -0.1) is 0 Å². The number of alkyl halides is 5. The van der Waals surface area contributed by atoms with Gasteiger partial charge in [0.15, 0.2) is 0 Å². The highest BCUT2D eigenvalue weighted by Gasteiger charge is 2.63. The van der Waals surface area contributed by atoms with Crippen molar-refractivity contribution >= 4 is 27.5 Å². The maximum atomic E-state index is 13.1. The van der Waals surface area contributed by atoms with Crippen LogP contribution >= 0.6 is 15.9 Å². The molecule has 1 aromatic rings. The van der Waals surface area contributed by atoms with Crippen molar-refractivity contribution in [3.8, 4) is 0 Å². The van der Waals surface area contributed by atoms with Crippen molar-refractivity contribution in [3.05, 3.63) is 28.5 Å². The molecule has 0 saturated heterocycles. The first-order chi connectivity index (χ1) is 8.05. The fourth-order valence-electron chi connectivity index (χ4n) is 0.920. The molecule has 1 aromatic carbocycles. The second-order valence-electron chi connectivity index (χ2n) is 3.15. The van der Waals surface area contributed by atoms with Gasteiger partial charge < -0.3 is 5.32 Å². The van der Waals surface area contributed by atoms with Crippen LogP contribution in [0.5, 0.6) is 0 Å². The maximum absolute atomic E-state index is 13.1. The van der Waals surface area contributed by atoms with Crippen molar-refractivity contribution in [1.82, 2.24) is 0 Å².